The molecular weight excluding hydrogens is 570 g/mol. The lowest BCUT2D eigenvalue weighted by Gasteiger charge is -2.19. The number of amides is 1. The highest BCUT2D eigenvalue weighted by Gasteiger charge is 2.35. The molecule has 0 fully saturated rings. The summed E-state index contributed by atoms with van der Waals surface area (Å²) in [4.78, 5) is 36.5. The molecule has 1 amide bonds. The Bertz CT molecular complexity index is 2090. The van der Waals surface area contributed by atoms with Crippen LogP contribution in [0.5, 0.6) is 0 Å². The Hall–Kier alpha value is -5.04. The molecule has 2 aliphatic rings. The Morgan fingerprint density at radius 3 is 2.23 bits per heavy atom. The summed E-state index contributed by atoms with van der Waals surface area (Å²) in [6, 6.07) is 7.73. The Labute approximate surface area is 224 Å². The third-order valence-corrected chi connectivity index (χ3v) is 7.57. The van der Waals surface area contributed by atoms with Gasteiger partial charge in [0.2, 0.25) is 9.75 Å². The third-order valence-electron chi connectivity index (χ3n) is 5.72. The van der Waals surface area contributed by atoms with E-state index in [1.165, 1.54) is 18.2 Å². The van der Waals surface area contributed by atoms with Gasteiger partial charge in [-0.3, -0.25) is 13.9 Å². The first-order chi connectivity index (χ1) is 18.7. The Balaban J connectivity index is 2.29. The minimum atomic E-state index is -5.27. The van der Waals surface area contributed by atoms with Gasteiger partial charge in [0.05, 0.1) is 17.8 Å². The molecule has 0 atom stereocenters. The van der Waals surface area contributed by atoms with E-state index >= 15 is 0 Å². The van der Waals surface area contributed by atoms with Crippen LogP contribution in [0.2, 0.25) is 0 Å². The van der Waals surface area contributed by atoms with E-state index in [0.717, 1.165) is 24.3 Å². The lowest BCUT2D eigenvalue weighted by atomic mass is 9.89. The number of carboxylic acids is 1. The number of terminal acetylenes is 1. The second-order valence-electron chi connectivity index (χ2n) is 8.12. The number of carbonyl (C=O) groups is 2. The van der Waals surface area contributed by atoms with Crippen molar-refractivity contribution in [2.75, 3.05) is 12.3 Å². The van der Waals surface area contributed by atoms with Crippen LogP contribution < -0.4 is 21.3 Å². The van der Waals surface area contributed by atoms with Gasteiger partial charge < -0.3 is 20.6 Å². The van der Waals surface area contributed by atoms with E-state index in [2.05, 4.69) is 16.1 Å². The summed E-state index contributed by atoms with van der Waals surface area (Å²) in [5.74, 6) is -0.860. The Kier molecular flexibility index (Phi) is 6.94. The SMILES string of the molecule is C#CCNC(=O)c1ccc(-c2c3ccc(=[N+]=O)c(S(=O)(=O)O)c-3oc3c(S(=O)(=O)O)c(N)ccc23)c(C(=O)O)c1. The number of carbonyl (C=O) groups excluding carboxylic acids is 1. The van der Waals surface area contributed by atoms with Crippen molar-refractivity contribution in [2.45, 2.75) is 9.79 Å². The topological polar surface area (TPSA) is 245 Å². The number of nitroso groups, excluding NO2 is 1. The number of fused-ring (bicyclic) bond motifs is 2. The zero-order valence-corrected chi connectivity index (χ0v) is 21.4. The Morgan fingerprint density at radius 1 is 1.00 bits per heavy atom. The quantitative estimate of drug-likeness (QED) is 0.0700. The maximum Gasteiger partial charge on any atom is 0.421 e. The molecule has 40 heavy (non-hydrogen) atoms. The summed E-state index contributed by atoms with van der Waals surface area (Å²) >= 11 is 0. The van der Waals surface area contributed by atoms with E-state index in [1.807, 2.05) is 0 Å². The van der Waals surface area contributed by atoms with Gasteiger partial charge in [-0.2, -0.15) is 16.8 Å². The molecular formula is C24H16N3O11S2+. The maximum atomic E-state index is 12.4. The highest BCUT2D eigenvalue weighted by atomic mass is 32.2. The van der Waals surface area contributed by atoms with Crippen molar-refractivity contribution in [3.05, 3.63) is 63.9 Å². The zero-order valence-electron chi connectivity index (χ0n) is 19.8. The van der Waals surface area contributed by atoms with Crippen LogP contribution in [-0.4, -0.2) is 49.5 Å². The molecule has 1 aliphatic heterocycles. The number of nitrogens with zero attached hydrogens (tertiary/aromatic N) is 1. The van der Waals surface area contributed by atoms with E-state index in [9.17, 15) is 45.5 Å². The van der Waals surface area contributed by atoms with Crippen molar-refractivity contribution in [3.8, 4) is 34.8 Å². The number of anilines is 1. The molecule has 2 aromatic carbocycles. The second-order valence-corrected chi connectivity index (χ2v) is 10.8. The molecule has 1 heterocycles. The smallest absolute Gasteiger partial charge is 0.421 e. The minimum Gasteiger partial charge on any atom is -0.478 e. The molecule has 0 spiro atoms. The van der Waals surface area contributed by atoms with Gasteiger partial charge in [-0.05, 0) is 35.9 Å². The fraction of sp³-hybridized carbons (Fsp3) is 0.0417. The molecule has 204 valence electrons. The normalized spacial score (nSPS) is 11.6. The van der Waals surface area contributed by atoms with E-state index in [4.69, 9.17) is 16.6 Å². The third kappa shape index (κ3) is 4.78. The number of aromatic carboxylic acids is 1. The molecule has 16 heteroatoms. The van der Waals surface area contributed by atoms with Crippen LogP contribution in [0.25, 0.3) is 33.4 Å². The highest BCUT2D eigenvalue weighted by molar-refractivity contribution is 7.86. The average Bonchev–Trinajstić information content (AvgIpc) is 2.87. The van der Waals surface area contributed by atoms with Crippen molar-refractivity contribution in [2.24, 2.45) is 0 Å². The number of nitrogens with two attached hydrogens (primary N) is 1. The highest BCUT2D eigenvalue weighted by Crippen LogP contribution is 2.45. The first-order valence-corrected chi connectivity index (χ1v) is 13.6. The molecule has 0 unspecified atom stereocenters. The summed E-state index contributed by atoms with van der Waals surface area (Å²) in [5.41, 5.74) is 3.34. The van der Waals surface area contributed by atoms with E-state index in [1.54, 1.807) is 0 Å². The molecule has 14 nitrogen and oxygen atoms in total. The zero-order chi connectivity index (χ0) is 29.6. The molecule has 1 aliphatic carbocycles. The molecule has 0 bridgehead atoms. The average molecular weight is 587 g/mol. The Morgan fingerprint density at radius 2 is 1.65 bits per heavy atom. The van der Waals surface area contributed by atoms with Gasteiger partial charge in [0, 0.05) is 28.1 Å². The number of nitrogens with one attached hydrogen (secondary N) is 1. The molecule has 0 saturated carbocycles. The summed E-state index contributed by atoms with van der Waals surface area (Å²) in [6.45, 7) is -0.149. The summed E-state index contributed by atoms with van der Waals surface area (Å²) in [6.07, 6.45) is 5.13. The van der Waals surface area contributed by atoms with Gasteiger partial charge in [-0.25, -0.2) is 4.79 Å². The molecule has 0 aromatic heterocycles. The lowest BCUT2D eigenvalue weighted by Crippen LogP contribution is -2.23. The lowest BCUT2D eigenvalue weighted by molar-refractivity contribution is 0.0697. The van der Waals surface area contributed by atoms with Crippen molar-refractivity contribution >= 4 is 48.8 Å². The molecule has 2 aromatic rings. The first kappa shape index (κ1) is 28.0. The van der Waals surface area contributed by atoms with Crippen molar-refractivity contribution in [1.29, 1.82) is 0 Å². The van der Waals surface area contributed by atoms with Crippen LogP contribution in [0.4, 0.5) is 5.69 Å². The van der Waals surface area contributed by atoms with Crippen molar-refractivity contribution in [1.82, 2.24) is 10.2 Å². The fourth-order valence-electron chi connectivity index (χ4n) is 4.16. The van der Waals surface area contributed by atoms with Gasteiger partial charge in [-0.15, -0.1) is 6.42 Å². The van der Waals surface area contributed by atoms with Gasteiger partial charge in [0.1, 0.15) is 0 Å². The molecule has 4 rings (SSSR count). The van der Waals surface area contributed by atoms with Crippen LogP contribution in [0.1, 0.15) is 20.7 Å². The van der Waals surface area contributed by atoms with Crippen molar-refractivity contribution in [3.63, 3.8) is 0 Å². The van der Waals surface area contributed by atoms with Crippen LogP contribution in [0.15, 0.2) is 56.7 Å². The predicted molar refractivity (Wildman–Crippen MR) is 139 cm³/mol. The van der Waals surface area contributed by atoms with Gasteiger partial charge in [-0.1, -0.05) is 12.0 Å². The van der Waals surface area contributed by atoms with Gasteiger partial charge in [0.25, 0.3) is 16.0 Å². The number of benzene rings is 3. The summed E-state index contributed by atoms with van der Waals surface area (Å²) in [7, 11) is -10.4. The monoisotopic (exact) mass is 586 g/mol. The van der Waals surface area contributed by atoms with Crippen molar-refractivity contribution < 1.29 is 45.1 Å². The predicted octanol–water partition coefficient (Wildman–Crippen LogP) is 1.08. The first-order valence-electron chi connectivity index (χ1n) is 10.7. The van der Waals surface area contributed by atoms with Crippen LogP contribution in [-0.2, 0) is 20.2 Å². The molecule has 6 N–H and O–H groups in total. The van der Waals surface area contributed by atoms with Crippen LogP contribution >= 0.6 is 0 Å². The maximum absolute atomic E-state index is 12.4. The minimum absolute atomic E-state index is 0.112. The van der Waals surface area contributed by atoms with Crippen LogP contribution in [0.3, 0.4) is 0 Å². The summed E-state index contributed by atoms with van der Waals surface area (Å²) in [5, 5.41) is 11.4. The molecule has 0 radical (unpaired) electrons. The van der Waals surface area contributed by atoms with E-state index in [0.29, 0.717) is 0 Å². The second kappa shape index (κ2) is 9.93. The number of hydrogen-bond acceptors (Lipinski definition) is 9. The van der Waals surface area contributed by atoms with Gasteiger partial charge in [0.15, 0.2) is 21.1 Å². The number of hydrogen-bond donors (Lipinski definition) is 5. The van der Waals surface area contributed by atoms with Crippen LogP contribution in [0, 0.1) is 17.3 Å². The number of rotatable bonds is 6. The van der Waals surface area contributed by atoms with E-state index in [-0.39, 0.29) is 34.2 Å². The number of nitrogen functional groups attached to an aromatic ring is 1. The fourth-order valence-corrected chi connectivity index (χ4v) is 5.67. The molecule has 0 saturated heterocycles. The standard InChI is InChI=1S/C24H15N3O11S2/c1-2-9-26-23(28)11-3-4-12(15(10-11)24(29)30)18-13-5-7-16(25)21(39(32,33)34)19(13)38-20-14(18)6-8-17(27-31)22(20)40(35,36)37/h1,3-8,10,25H,9H2,(H4,26,28,29,30,32,33,34,35,36,37)/p+1. The van der Waals surface area contributed by atoms with E-state index < -0.39 is 69.9 Å². The largest absolute Gasteiger partial charge is 0.478 e. The number of carboxylic acid groups (broad SMARTS) is 1. The summed E-state index contributed by atoms with van der Waals surface area (Å²) < 4.78 is 74.5. The van der Waals surface area contributed by atoms with Gasteiger partial charge >= 0.3 is 21.4 Å².